The van der Waals surface area contributed by atoms with Crippen LogP contribution >= 0.6 is 0 Å². The third kappa shape index (κ3) is 1.95. The van der Waals surface area contributed by atoms with Gasteiger partial charge in [0.25, 0.3) is 0 Å². The molecule has 1 saturated heterocycles. The number of aryl methyl sites for hydroxylation is 1. The molecule has 2 N–H and O–H groups in total. The van der Waals surface area contributed by atoms with Crippen LogP contribution in [0.3, 0.4) is 0 Å². The van der Waals surface area contributed by atoms with Gasteiger partial charge in [-0.25, -0.2) is 0 Å². The number of nitrogens with one attached hydrogen (secondary N) is 1. The smallest absolute Gasteiger partial charge is 0.308 e. The summed E-state index contributed by atoms with van der Waals surface area (Å²) >= 11 is 0. The standard InChI is InChI=1S/C13H17NO2/c1-2-9-5-3-4-6-10(9)11-7-14-8-12(11)13(15)16/h3-6,11-12,14H,2,7-8H2,1H3,(H,15,16)/t11-,12+/m1/s1. The summed E-state index contributed by atoms with van der Waals surface area (Å²) < 4.78 is 0. The molecule has 1 heterocycles. The molecule has 2 atom stereocenters. The van der Waals surface area contributed by atoms with Crippen LogP contribution in [0, 0.1) is 5.92 Å². The Morgan fingerprint density at radius 1 is 1.44 bits per heavy atom. The van der Waals surface area contributed by atoms with Crippen molar-refractivity contribution in [3.63, 3.8) is 0 Å². The van der Waals surface area contributed by atoms with Gasteiger partial charge >= 0.3 is 5.97 Å². The van der Waals surface area contributed by atoms with E-state index in [-0.39, 0.29) is 11.8 Å². The molecule has 0 spiro atoms. The SMILES string of the molecule is CCc1ccccc1[C@H]1CNC[C@@H]1C(=O)O. The highest BCUT2D eigenvalue weighted by atomic mass is 16.4. The van der Waals surface area contributed by atoms with E-state index in [9.17, 15) is 4.79 Å². The van der Waals surface area contributed by atoms with Crippen LogP contribution in [-0.2, 0) is 11.2 Å². The zero-order valence-electron chi connectivity index (χ0n) is 9.44. The normalized spacial score (nSPS) is 24.6. The second kappa shape index (κ2) is 4.66. The molecule has 0 bridgehead atoms. The zero-order valence-corrected chi connectivity index (χ0v) is 9.44. The van der Waals surface area contributed by atoms with Gasteiger partial charge in [0, 0.05) is 19.0 Å². The summed E-state index contributed by atoms with van der Waals surface area (Å²) in [6.07, 6.45) is 0.957. The second-order valence-electron chi connectivity index (χ2n) is 4.26. The maximum absolute atomic E-state index is 11.1. The monoisotopic (exact) mass is 219 g/mol. The highest BCUT2D eigenvalue weighted by Gasteiger charge is 2.34. The summed E-state index contributed by atoms with van der Waals surface area (Å²) in [4.78, 5) is 11.1. The predicted molar refractivity (Wildman–Crippen MR) is 62.6 cm³/mol. The van der Waals surface area contributed by atoms with Crippen molar-refractivity contribution in [1.82, 2.24) is 5.32 Å². The molecule has 1 aliphatic rings. The van der Waals surface area contributed by atoms with Crippen molar-refractivity contribution >= 4 is 5.97 Å². The lowest BCUT2D eigenvalue weighted by Crippen LogP contribution is -2.21. The van der Waals surface area contributed by atoms with Crippen LogP contribution in [0.5, 0.6) is 0 Å². The minimum atomic E-state index is -0.694. The van der Waals surface area contributed by atoms with Crippen LogP contribution in [-0.4, -0.2) is 24.2 Å². The van der Waals surface area contributed by atoms with Gasteiger partial charge in [0.15, 0.2) is 0 Å². The summed E-state index contributed by atoms with van der Waals surface area (Å²) in [5, 5.41) is 12.3. The Morgan fingerprint density at radius 2 is 2.19 bits per heavy atom. The van der Waals surface area contributed by atoms with Gasteiger partial charge in [-0.1, -0.05) is 31.2 Å². The summed E-state index contributed by atoms with van der Waals surface area (Å²) in [5.41, 5.74) is 2.46. The van der Waals surface area contributed by atoms with E-state index in [1.807, 2.05) is 12.1 Å². The highest BCUT2D eigenvalue weighted by Crippen LogP contribution is 2.30. The Labute approximate surface area is 95.5 Å². The van der Waals surface area contributed by atoms with E-state index < -0.39 is 5.97 Å². The van der Waals surface area contributed by atoms with E-state index in [1.165, 1.54) is 11.1 Å². The molecule has 1 aromatic carbocycles. The van der Waals surface area contributed by atoms with Gasteiger partial charge in [-0.15, -0.1) is 0 Å². The van der Waals surface area contributed by atoms with E-state index in [0.717, 1.165) is 13.0 Å². The molecule has 0 radical (unpaired) electrons. The number of hydrogen-bond donors (Lipinski definition) is 2. The minimum absolute atomic E-state index is 0.119. The fourth-order valence-electron chi connectivity index (χ4n) is 2.48. The van der Waals surface area contributed by atoms with Crippen molar-refractivity contribution in [2.45, 2.75) is 19.3 Å². The Balaban J connectivity index is 2.32. The molecule has 1 aromatic rings. The van der Waals surface area contributed by atoms with Crippen LogP contribution in [0.4, 0.5) is 0 Å². The molecular formula is C13H17NO2. The molecule has 0 aromatic heterocycles. The molecule has 86 valence electrons. The number of carboxylic acids is 1. The maximum Gasteiger partial charge on any atom is 0.308 e. The Morgan fingerprint density at radius 3 is 2.88 bits per heavy atom. The van der Waals surface area contributed by atoms with Crippen LogP contribution < -0.4 is 5.32 Å². The van der Waals surface area contributed by atoms with Gasteiger partial charge in [-0.2, -0.15) is 0 Å². The average Bonchev–Trinajstić information content (AvgIpc) is 2.77. The Hall–Kier alpha value is -1.35. The summed E-state index contributed by atoms with van der Waals surface area (Å²) in [7, 11) is 0. The van der Waals surface area contributed by atoms with Gasteiger partial charge in [0.2, 0.25) is 0 Å². The third-order valence-electron chi connectivity index (χ3n) is 3.37. The molecule has 3 heteroatoms. The maximum atomic E-state index is 11.1. The molecule has 0 aliphatic carbocycles. The number of rotatable bonds is 3. The third-order valence-corrected chi connectivity index (χ3v) is 3.37. The topological polar surface area (TPSA) is 49.3 Å². The van der Waals surface area contributed by atoms with Crippen LogP contribution in [0.15, 0.2) is 24.3 Å². The number of benzene rings is 1. The molecular weight excluding hydrogens is 202 g/mol. The summed E-state index contributed by atoms with van der Waals surface area (Å²) in [6, 6.07) is 8.16. The molecule has 1 fully saturated rings. The predicted octanol–water partition coefficient (Wildman–Crippen LogP) is 1.64. The lowest BCUT2D eigenvalue weighted by Gasteiger charge is -2.18. The lowest BCUT2D eigenvalue weighted by molar-refractivity contribution is -0.141. The quantitative estimate of drug-likeness (QED) is 0.812. The fourth-order valence-corrected chi connectivity index (χ4v) is 2.48. The molecule has 2 rings (SSSR count). The van der Waals surface area contributed by atoms with Crippen LogP contribution in [0.25, 0.3) is 0 Å². The van der Waals surface area contributed by atoms with Crippen molar-refractivity contribution in [3.05, 3.63) is 35.4 Å². The highest BCUT2D eigenvalue weighted by molar-refractivity contribution is 5.72. The minimum Gasteiger partial charge on any atom is -0.481 e. The van der Waals surface area contributed by atoms with Crippen molar-refractivity contribution in [3.8, 4) is 0 Å². The first-order chi connectivity index (χ1) is 7.74. The van der Waals surface area contributed by atoms with Crippen LogP contribution in [0.1, 0.15) is 24.0 Å². The van der Waals surface area contributed by atoms with Gasteiger partial charge in [0.05, 0.1) is 5.92 Å². The molecule has 0 saturated carbocycles. The van der Waals surface area contributed by atoms with E-state index >= 15 is 0 Å². The first kappa shape index (κ1) is 11.1. The van der Waals surface area contributed by atoms with Gasteiger partial charge in [0.1, 0.15) is 0 Å². The average molecular weight is 219 g/mol. The van der Waals surface area contributed by atoms with Crippen molar-refractivity contribution in [1.29, 1.82) is 0 Å². The molecule has 3 nitrogen and oxygen atoms in total. The first-order valence-electron chi connectivity index (χ1n) is 5.75. The molecule has 0 unspecified atom stereocenters. The van der Waals surface area contributed by atoms with E-state index in [2.05, 4.69) is 24.4 Å². The summed E-state index contributed by atoms with van der Waals surface area (Å²) in [5.74, 6) is -0.859. The number of carbonyl (C=O) groups is 1. The largest absolute Gasteiger partial charge is 0.481 e. The first-order valence-corrected chi connectivity index (χ1v) is 5.75. The fraction of sp³-hybridized carbons (Fsp3) is 0.462. The number of aliphatic carboxylic acids is 1. The van der Waals surface area contributed by atoms with Crippen molar-refractivity contribution in [2.75, 3.05) is 13.1 Å². The second-order valence-corrected chi connectivity index (χ2v) is 4.26. The molecule has 16 heavy (non-hydrogen) atoms. The van der Waals surface area contributed by atoms with E-state index in [1.54, 1.807) is 0 Å². The van der Waals surface area contributed by atoms with Crippen molar-refractivity contribution in [2.24, 2.45) is 5.92 Å². The van der Waals surface area contributed by atoms with Gasteiger partial charge < -0.3 is 10.4 Å². The Kier molecular flexibility index (Phi) is 3.25. The zero-order chi connectivity index (χ0) is 11.5. The van der Waals surface area contributed by atoms with Crippen molar-refractivity contribution < 1.29 is 9.90 Å². The van der Waals surface area contributed by atoms with E-state index in [4.69, 9.17) is 5.11 Å². The van der Waals surface area contributed by atoms with Gasteiger partial charge in [-0.3, -0.25) is 4.79 Å². The summed E-state index contributed by atoms with van der Waals surface area (Å²) in [6.45, 7) is 3.46. The lowest BCUT2D eigenvalue weighted by atomic mass is 9.85. The van der Waals surface area contributed by atoms with Gasteiger partial charge in [-0.05, 0) is 17.5 Å². The van der Waals surface area contributed by atoms with E-state index in [0.29, 0.717) is 6.54 Å². The number of hydrogen-bond acceptors (Lipinski definition) is 2. The molecule has 0 amide bonds. The van der Waals surface area contributed by atoms with Crippen LogP contribution in [0.2, 0.25) is 0 Å². The Bertz CT molecular complexity index is 389. The number of carboxylic acid groups (broad SMARTS) is 1. The molecule has 1 aliphatic heterocycles.